The summed E-state index contributed by atoms with van der Waals surface area (Å²) >= 11 is 2.13. The first-order chi connectivity index (χ1) is 6.99. The van der Waals surface area contributed by atoms with Gasteiger partial charge in [-0.05, 0) is 39.4 Å². The molecule has 2 atom stereocenters. The molecule has 2 fully saturated rings. The fourth-order valence-corrected chi connectivity index (χ4v) is 4.07. The molecule has 2 aliphatic heterocycles. The van der Waals surface area contributed by atoms with Crippen molar-refractivity contribution in [2.75, 3.05) is 12.3 Å². The van der Waals surface area contributed by atoms with Crippen LogP contribution in [0.1, 0.15) is 46.5 Å². The lowest BCUT2D eigenvalue weighted by Crippen LogP contribution is -2.41. The molecule has 0 radical (unpaired) electrons. The van der Waals surface area contributed by atoms with Gasteiger partial charge in [0.25, 0.3) is 0 Å². The molecule has 15 heavy (non-hydrogen) atoms. The number of thioether (sulfide) groups is 1. The quantitative estimate of drug-likeness (QED) is 0.787. The van der Waals surface area contributed by atoms with Crippen molar-refractivity contribution >= 4 is 11.8 Å². The van der Waals surface area contributed by atoms with Gasteiger partial charge in [-0.3, -0.25) is 5.32 Å². The average molecular weight is 229 g/mol. The van der Waals surface area contributed by atoms with Crippen LogP contribution in [0.5, 0.6) is 0 Å². The van der Waals surface area contributed by atoms with Crippen LogP contribution < -0.4 is 5.32 Å². The summed E-state index contributed by atoms with van der Waals surface area (Å²) in [6.45, 7) is 7.51. The predicted molar refractivity (Wildman–Crippen MR) is 66.3 cm³/mol. The van der Waals surface area contributed by atoms with Gasteiger partial charge < -0.3 is 4.74 Å². The fraction of sp³-hybridized carbons (Fsp3) is 1.00. The van der Waals surface area contributed by atoms with Crippen molar-refractivity contribution in [3.63, 3.8) is 0 Å². The largest absolute Gasteiger partial charge is 0.354 e. The summed E-state index contributed by atoms with van der Waals surface area (Å²) < 4.78 is 6.11. The van der Waals surface area contributed by atoms with Crippen LogP contribution in [0.4, 0.5) is 0 Å². The summed E-state index contributed by atoms with van der Waals surface area (Å²) in [5.74, 6) is 1.34. The highest BCUT2D eigenvalue weighted by molar-refractivity contribution is 7.99. The number of rotatable bonds is 2. The van der Waals surface area contributed by atoms with Crippen LogP contribution in [0.25, 0.3) is 0 Å². The fourth-order valence-electron chi connectivity index (χ4n) is 2.60. The molecule has 3 heteroatoms. The maximum Gasteiger partial charge on any atom is 0.118 e. The van der Waals surface area contributed by atoms with Gasteiger partial charge in [-0.2, -0.15) is 11.8 Å². The summed E-state index contributed by atoms with van der Waals surface area (Å²) in [4.78, 5) is 0. The van der Waals surface area contributed by atoms with Gasteiger partial charge in [-0.25, -0.2) is 0 Å². The lowest BCUT2D eigenvalue weighted by Gasteiger charge is -2.32. The highest BCUT2D eigenvalue weighted by Crippen LogP contribution is 2.35. The highest BCUT2D eigenvalue weighted by atomic mass is 32.2. The lowest BCUT2D eigenvalue weighted by molar-refractivity contribution is -0.0836. The Morgan fingerprint density at radius 2 is 2.13 bits per heavy atom. The zero-order chi connectivity index (χ0) is 10.9. The van der Waals surface area contributed by atoms with Gasteiger partial charge in [-0.1, -0.05) is 6.42 Å². The minimum absolute atomic E-state index is 0.00802. The molecule has 2 nitrogen and oxygen atoms in total. The standard InChI is InChI=1S/C12H23NOS/c1-11(2)9-13-12(3,14-11)8-10-6-4-5-7-15-10/h10,13H,4-9H2,1-3H3. The molecule has 1 N–H and O–H groups in total. The zero-order valence-electron chi connectivity index (χ0n) is 10.1. The van der Waals surface area contributed by atoms with Crippen LogP contribution in [-0.4, -0.2) is 28.9 Å². The van der Waals surface area contributed by atoms with E-state index in [1.165, 1.54) is 25.0 Å². The second-order valence-corrected chi connectivity index (χ2v) is 7.05. The third-order valence-electron chi connectivity index (χ3n) is 3.28. The maximum absolute atomic E-state index is 6.11. The molecular weight excluding hydrogens is 206 g/mol. The zero-order valence-corrected chi connectivity index (χ0v) is 11.0. The third kappa shape index (κ3) is 3.11. The molecule has 2 aliphatic rings. The Kier molecular flexibility index (Phi) is 3.34. The smallest absolute Gasteiger partial charge is 0.118 e. The van der Waals surface area contributed by atoms with Gasteiger partial charge in [-0.15, -0.1) is 0 Å². The van der Waals surface area contributed by atoms with E-state index in [4.69, 9.17) is 4.74 Å². The summed E-state index contributed by atoms with van der Waals surface area (Å²) in [6, 6.07) is 0. The summed E-state index contributed by atoms with van der Waals surface area (Å²) in [5, 5.41) is 4.33. The first-order valence-corrected chi connectivity index (χ1v) is 7.11. The number of hydrogen-bond donors (Lipinski definition) is 1. The molecule has 0 spiro atoms. The van der Waals surface area contributed by atoms with E-state index in [1.807, 2.05) is 0 Å². The number of hydrogen-bond acceptors (Lipinski definition) is 3. The van der Waals surface area contributed by atoms with Gasteiger partial charge in [0.1, 0.15) is 5.72 Å². The van der Waals surface area contributed by atoms with Gasteiger partial charge in [0.2, 0.25) is 0 Å². The molecule has 2 saturated heterocycles. The van der Waals surface area contributed by atoms with E-state index in [-0.39, 0.29) is 11.3 Å². The van der Waals surface area contributed by atoms with E-state index in [1.54, 1.807) is 0 Å². The molecule has 88 valence electrons. The van der Waals surface area contributed by atoms with E-state index in [0.29, 0.717) is 0 Å². The van der Waals surface area contributed by atoms with Gasteiger partial charge in [0.15, 0.2) is 0 Å². The SMILES string of the molecule is CC1(C)CNC(C)(CC2CCCCS2)O1. The topological polar surface area (TPSA) is 21.3 Å². The van der Waals surface area contributed by atoms with Crippen molar-refractivity contribution in [1.29, 1.82) is 0 Å². The minimum Gasteiger partial charge on any atom is -0.354 e. The van der Waals surface area contributed by atoms with E-state index in [9.17, 15) is 0 Å². The van der Waals surface area contributed by atoms with Crippen molar-refractivity contribution < 1.29 is 4.74 Å². The number of nitrogens with one attached hydrogen (secondary N) is 1. The van der Waals surface area contributed by atoms with Crippen LogP contribution >= 0.6 is 11.8 Å². The van der Waals surface area contributed by atoms with Crippen molar-refractivity contribution in [2.24, 2.45) is 0 Å². The van der Waals surface area contributed by atoms with E-state index in [0.717, 1.165) is 18.2 Å². The monoisotopic (exact) mass is 229 g/mol. The van der Waals surface area contributed by atoms with Gasteiger partial charge >= 0.3 is 0 Å². The Morgan fingerprint density at radius 3 is 2.67 bits per heavy atom. The minimum atomic E-state index is -0.0848. The Labute approximate surface area is 97.5 Å². The summed E-state index contributed by atoms with van der Waals surface area (Å²) in [7, 11) is 0. The molecule has 0 aromatic rings. The average Bonchev–Trinajstić information content (AvgIpc) is 2.42. The molecule has 2 rings (SSSR count). The van der Waals surface area contributed by atoms with Crippen molar-refractivity contribution in [3.8, 4) is 0 Å². The van der Waals surface area contributed by atoms with Crippen molar-refractivity contribution in [2.45, 2.75) is 63.0 Å². The number of ether oxygens (including phenoxy) is 1. The van der Waals surface area contributed by atoms with E-state index >= 15 is 0 Å². The normalized spacial score (nSPS) is 40.6. The Hall–Kier alpha value is 0.270. The van der Waals surface area contributed by atoms with Crippen LogP contribution in [0.3, 0.4) is 0 Å². The van der Waals surface area contributed by atoms with Crippen LogP contribution in [0, 0.1) is 0 Å². The molecular formula is C12H23NOS. The molecule has 0 saturated carbocycles. The summed E-state index contributed by atoms with van der Waals surface area (Å²) in [5.41, 5.74) is -0.0768. The molecule has 0 aliphatic carbocycles. The van der Waals surface area contributed by atoms with Gasteiger partial charge in [0.05, 0.1) is 5.60 Å². The van der Waals surface area contributed by atoms with Gasteiger partial charge in [0, 0.05) is 18.2 Å². The molecule has 0 aromatic carbocycles. The molecule has 0 amide bonds. The predicted octanol–water partition coefficient (Wildman–Crippen LogP) is 2.78. The van der Waals surface area contributed by atoms with Crippen molar-refractivity contribution in [1.82, 2.24) is 5.32 Å². The van der Waals surface area contributed by atoms with E-state index < -0.39 is 0 Å². The molecule has 2 heterocycles. The van der Waals surface area contributed by atoms with Crippen LogP contribution in [-0.2, 0) is 4.74 Å². The van der Waals surface area contributed by atoms with Crippen LogP contribution in [0.2, 0.25) is 0 Å². The first kappa shape index (κ1) is 11.7. The van der Waals surface area contributed by atoms with E-state index in [2.05, 4.69) is 37.8 Å². The Morgan fingerprint density at radius 1 is 1.33 bits per heavy atom. The van der Waals surface area contributed by atoms with Crippen molar-refractivity contribution in [3.05, 3.63) is 0 Å². The van der Waals surface area contributed by atoms with Crippen LogP contribution in [0.15, 0.2) is 0 Å². The molecule has 0 aromatic heterocycles. The molecule has 2 unspecified atom stereocenters. The summed E-state index contributed by atoms with van der Waals surface area (Å²) in [6.07, 6.45) is 5.32. The highest BCUT2D eigenvalue weighted by Gasteiger charge is 2.41. The molecule has 0 bridgehead atoms. The Bertz CT molecular complexity index is 226. The third-order valence-corrected chi connectivity index (χ3v) is 4.68. The Balaban J connectivity index is 1.88. The second-order valence-electron chi connectivity index (χ2n) is 5.64. The first-order valence-electron chi connectivity index (χ1n) is 6.06. The lowest BCUT2D eigenvalue weighted by atomic mass is 10.0. The maximum atomic E-state index is 6.11. The second kappa shape index (κ2) is 4.27.